The van der Waals surface area contributed by atoms with E-state index in [-0.39, 0.29) is 0 Å². The maximum Gasteiger partial charge on any atom is 0.328 e. The van der Waals surface area contributed by atoms with Crippen molar-refractivity contribution >= 4 is 33.7 Å². The number of hydrogen-bond donors (Lipinski definition) is 1. The first-order valence-electron chi connectivity index (χ1n) is 7.57. The number of halogens is 1. The van der Waals surface area contributed by atoms with Crippen molar-refractivity contribution in [3.63, 3.8) is 0 Å². The highest BCUT2D eigenvalue weighted by Gasteiger charge is 2.29. The molecule has 1 aromatic rings. The summed E-state index contributed by atoms with van der Waals surface area (Å²) in [6.45, 7) is 2.32. The third kappa shape index (κ3) is 4.34. The summed E-state index contributed by atoms with van der Waals surface area (Å²) in [7, 11) is 0. The fraction of sp³-hybridized carbons (Fsp3) is 0.471. The minimum Gasteiger partial charge on any atom is -0.478 e. The van der Waals surface area contributed by atoms with Crippen molar-refractivity contribution in [2.24, 2.45) is 11.8 Å². The normalized spacial score (nSPS) is 18.1. The minimum atomic E-state index is -0.921. The highest BCUT2D eigenvalue weighted by Crippen LogP contribution is 2.36. The van der Waals surface area contributed by atoms with Crippen LogP contribution in [0.25, 0.3) is 6.08 Å². The summed E-state index contributed by atoms with van der Waals surface area (Å²) >= 11 is 3.56. The Morgan fingerprint density at radius 1 is 1.24 bits per heavy atom. The van der Waals surface area contributed by atoms with Crippen LogP contribution in [0.5, 0.6) is 0 Å². The van der Waals surface area contributed by atoms with Crippen LogP contribution in [0.2, 0.25) is 0 Å². The highest BCUT2D eigenvalue weighted by atomic mass is 79.9. The van der Waals surface area contributed by atoms with E-state index in [2.05, 4.69) is 33.0 Å². The number of nitrogens with zero attached hydrogens (tertiary/aromatic N) is 1. The lowest BCUT2D eigenvalue weighted by atomic mass is 10.1. The summed E-state index contributed by atoms with van der Waals surface area (Å²) in [5, 5.41) is 8.71. The maximum atomic E-state index is 10.6. The van der Waals surface area contributed by atoms with Crippen LogP contribution >= 0.6 is 15.9 Å². The van der Waals surface area contributed by atoms with E-state index >= 15 is 0 Å². The molecule has 0 saturated heterocycles. The monoisotopic (exact) mass is 349 g/mol. The predicted octanol–water partition coefficient (Wildman–Crippen LogP) is 4.17. The maximum absolute atomic E-state index is 10.6. The van der Waals surface area contributed by atoms with Crippen LogP contribution in [0, 0.1) is 11.8 Å². The molecular formula is C17H20BrNO2. The van der Waals surface area contributed by atoms with Crippen LogP contribution in [0.4, 0.5) is 5.69 Å². The van der Waals surface area contributed by atoms with Gasteiger partial charge in [0, 0.05) is 29.3 Å². The molecule has 0 spiro atoms. The number of carbonyl (C=O) groups is 1. The molecule has 3 rings (SSSR count). The molecule has 21 heavy (non-hydrogen) atoms. The summed E-state index contributed by atoms with van der Waals surface area (Å²) in [5.41, 5.74) is 2.15. The molecule has 2 aliphatic rings. The number of rotatable bonds is 7. The Labute approximate surface area is 133 Å². The molecule has 0 bridgehead atoms. The molecule has 0 radical (unpaired) electrons. The largest absolute Gasteiger partial charge is 0.478 e. The van der Waals surface area contributed by atoms with Gasteiger partial charge in [-0.25, -0.2) is 4.79 Å². The third-order valence-corrected chi connectivity index (χ3v) is 4.79. The van der Waals surface area contributed by atoms with Crippen LogP contribution in [0.1, 0.15) is 31.2 Å². The van der Waals surface area contributed by atoms with E-state index in [4.69, 9.17) is 5.11 Å². The molecule has 0 unspecified atom stereocenters. The molecule has 2 saturated carbocycles. The third-order valence-electron chi connectivity index (χ3n) is 4.11. The molecule has 112 valence electrons. The second-order valence-electron chi connectivity index (χ2n) is 6.17. The Hall–Kier alpha value is -1.29. The van der Waals surface area contributed by atoms with E-state index in [0.29, 0.717) is 0 Å². The summed E-state index contributed by atoms with van der Waals surface area (Å²) < 4.78 is 0.953. The van der Waals surface area contributed by atoms with Gasteiger partial charge in [-0.2, -0.15) is 0 Å². The lowest BCUT2D eigenvalue weighted by molar-refractivity contribution is -0.131. The standard InChI is InChI=1S/C17H20BrNO2/c18-16-9-15(7-5-14(16)6-8-17(20)21)19(10-12-1-2-12)11-13-3-4-13/h5-9,12-13H,1-4,10-11H2,(H,20,21)/b8-6+. The highest BCUT2D eigenvalue weighted by molar-refractivity contribution is 9.10. The molecule has 0 atom stereocenters. The van der Waals surface area contributed by atoms with Gasteiger partial charge in [-0.1, -0.05) is 22.0 Å². The van der Waals surface area contributed by atoms with E-state index in [1.807, 2.05) is 6.07 Å². The number of anilines is 1. The zero-order chi connectivity index (χ0) is 14.8. The second kappa shape index (κ2) is 6.22. The van der Waals surface area contributed by atoms with Gasteiger partial charge in [0.05, 0.1) is 0 Å². The zero-order valence-electron chi connectivity index (χ0n) is 12.0. The zero-order valence-corrected chi connectivity index (χ0v) is 13.6. The van der Waals surface area contributed by atoms with Gasteiger partial charge >= 0.3 is 5.97 Å². The first kappa shape index (κ1) is 14.6. The van der Waals surface area contributed by atoms with Crippen LogP contribution in [0.3, 0.4) is 0 Å². The second-order valence-corrected chi connectivity index (χ2v) is 7.02. The Kier molecular flexibility index (Phi) is 4.34. The Morgan fingerprint density at radius 3 is 2.33 bits per heavy atom. The van der Waals surface area contributed by atoms with Gasteiger partial charge in [-0.05, 0) is 61.3 Å². The molecule has 0 aliphatic heterocycles. The molecule has 2 aliphatic carbocycles. The van der Waals surface area contributed by atoms with E-state index in [1.54, 1.807) is 6.08 Å². The number of carboxylic acid groups (broad SMARTS) is 1. The Bertz CT molecular complexity index is 548. The van der Waals surface area contributed by atoms with Crippen molar-refractivity contribution < 1.29 is 9.90 Å². The lowest BCUT2D eigenvalue weighted by Gasteiger charge is -2.25. The van der Waals surface area contributed by atoms with E-state index < -0.39 is 5.97 Å². The van der Waals surface area contributed by atoms with Crippen molar-refractivity contribution in [1.29, 1.82) is 0 Å². The summed E-state index contributed by atoms with van der Waals surface area (Å²) in [5.74, 6) is 0.818. The van der Waals surface area contributed by atoms with E-state index in [9.17, 15) is 4.79 Å². The van der Waals surface area contributed by atoms with Gasteiger partial charge in [0.1, 0.15) is 0 Å². The molecule has 1 aromatic carbocycles. The van der Waals surface area contributed by atoms with Crippen molar-refractivity contribution in [1.82, 2.24) is 0 Å². The number of carboxylic acids is 1. The molecule has 0 aromatic heterocycles. The quantitative estimate of drug-likeness (QED) is 0.751. The van der Waals surface area contributed by atoms with Gasteiger partial charge in [0.15, 0.2) is 0 Å². The van der Waals surface area contributed by atoms with Gasteiger partial charge in [0.2, 0.25) is 0 Å². The molecule has 0 amide bonds. The minimum absolute atomic E-state index is 0.870. The summed E-state index contributed by atoms with van der Waals surface area (Å²) in [6, 6.07) is 6.22. The SMILES string of the molecule is O=C(O)/C=C/c1ccc(N(CC2CC2)CC2CC2)cc1Br. The van der Waals surface area contributed by atoms with E-state index in [0.717, 1.165) is 35.0 Å². The summed E-state index contributed by atoms with van der Waals surface area (Å²) in [4.78, 5) is 13.1. The fourth-order valence-electron chi connectivity index (χ4n) is 2.52. The van der Waals surface area contributed by atoms with Gasteiger partial charge in [-0.3, -0.25) is 0 Å². The summed E-state index contributed by atoms with van der Waals surface area (Å²) in [6.07, 6.45) is 8.25. The van der Waals surface area contributed by atoms with Crippen molar-refractivity contribution in [2.45, 2.75) is 25.7 Å². The van der Waals surface area contributed by atoms with Gasteiger partial charge in [-0.15, -0.1) is 0 Å². The number of benzene rings is 1. The molecule has 1 N–H and O–H groups in total. The van der Waals surface area contributed by atoms with Gasteiger partial charge in [0.25, 0.3) is 0 Å². The number of hydrogen-bond acceptors (Lipinski definition) is 2. The molecule has 3 nitrogen and oxygen atoms in total. The van der Waals surface area contributed by atoms with E-state index in [1.165, 1.54) is 37.4 Å². The smallest absolute Gasteiger partial charge is 0.328 e. The molecule has 2 fully saturated rings. The molecular weight excluding hydrogens is 330 g/mol. The average molecular weight is 350 g/mol. The van der Waals surface area contributed by atoms with Crippen LogP contribution < -0.4 is 4.90 Å². The Morgan fingerprint density at radius 2 is 1.86 bits per heavy atom. The Balaban J connectivity index is 1.75. The first-order chi connectivity index (χ1) is 10.1. The predicted molar refractivity (Wildman–Crippen MR) is 88.5 cm³/mol. The molecule has 0 heterocycles. The average Bonchev–Trinajstić information content (AvgIpc) is 3.31. The van der Waals surface area contributed by atoms with Crippen LogP contribution in [-0.4, -0.2) is 24.2 Å². The van der Waals surface area contributed by atoms with Crippen molar-refractivity contribution in [3.8, 4) is 0 Å². The first-order valence-corrected chi connectivity index (χ1v) is 8.36. The fourth-order valence-corrected chi connectivity index (χ4v) is 3.02. The van der Waals surface area contributed by atoms with Crippen molar-refractivity contribution in [3.05, 3.63) is 34.3 Å². The lowest BCUT2D eigenvalue weighted by Crippen LogP contribution is -2.28. The van der Waals surface area contributed by atoms with Crippen LogP contribution in [-0.2, 0) is 4.79 Å². The number of aliphatic carboxylic acids is 1. The topological polar surface area (TPSA) is 40.5 Å². The van der Waals surface area contributed by atoms with Gasteiger partial charge < -0.3 is 10.0 Å². The van der Waals surface area contributed by atoms with Crippen LogP contribution in [0.15, 0.2) is 28.7 Å². The molecule has 4 heteroatoms. The van der Waals surface area contributed by atoms with Crippen molar-refractivity contribution in [2.75, 3.05) is 18.0 Å².